The van der Waals surface area contributed by atoms with Crippen molar-refractivity contribution < 1.29 is 0 Å². The minimum atomic E-state index is 0.537. The van der Waals surface area contributed by atoms with E-state index in [2.05, 4.69) is 41.7 Å². The van der Waals surface area contributed by atoms with Gasteiger partial charge in [0.25, 0.3) is 0 Å². The van der Waals surface area contributed by atoms with Gasteiger partial charge in [0.05, 0.1) is 22.3 Å². The van der Waals surface area contributed by atoms with E-state index in [9.17, 15) is 0 Å². The Kier molecular flexibility index (Phi) is 3.29. The quantitative estimate of drug-likeness (QED) is 0.803. The van der Waals surface area contributed by atoms with Crippen LogP contribution in [0.25, 0.3) is 22.4 Å². The van der Waals surface area contributed by atoms with E-state index in [1.54, 1.807) is 0 Å². The highest BCUT2D eigenvalue weighted by Gasteiger charge is 2.19. The van der Waals surface area contributed by atoms with Crippen LogP contribution in [0.5, 0.6) is 0 Å². The lowest BCUT2D eigenvalue weighted by atomic mass is 10.2. The van der Waals surface area contributed by atoms with Gasteiger partial charge in [0.2, 0.25) is 0 Å². The second kappa shape index (κ2) is 5.00. The number of nitrogens with zero attached hydrogens (tertiary/aromatic N) is 4. The summed E-state index contributed by atoms with van der Waals surface area (Å²) in [6, 6.07) is 6.26. The van der Waals surface area contributed by atoms with Crippen LogP contribution >= 0.6 is 0 Å². The Morgan fingerprint density at radius 1 is 1.24 bits per heavy atom. The molecule has 110 valence electrons. The summed E-state index contributed by atoms with van der Waals surface area (Å²) in [6.45, 7) is 7.67. The fourth-order valence-electron chi connectivity index (χ4n) is 2.91. The third-order valence-corrected chi connectivity index (χ3v) is 4.10. The van der Waals surface area contributed by atoms with Gasteiger partial charge in [-0.1, -0.05) is 6.07 Å². The summed E-state index contributed by atoms with van der Waals surface area (Å²) in [5, 5.41) is 4.51. The molecule has 2 aromatic heterocycles. The first-order valence-corrected chi connectivity index (χ1v) is 7.26. The number of imidazole rings is 1. The lowest BCUT2D eigenvalue weighted by Crippen LogP contribution is -2.00. The van der Waals surface area contributed by atoms with E-state index in [-0.39, 0.29) is 0 Å². The first-order chi connectivity index (χ1) is 10.1. The second-order valence-electron chi connectivity index (χ2n) is 5.38. The minimum Gasteiger partial charge on any atom is -0.326 e. The number of hydrogen-bond acceptors (Lipinski definition) is 3. The molecule has 5 heteroatoms. The number of aromatic nitrogens is 4. The molecule has 0 atom stereocenters. The number of benzene rings is 1. The van der Waals surface area contributed by atoms with E-state index in [1.807, 2.05) is 18.7 Å². The van der Waals surface area contributed by atoms with Crippen LogP contribution in [0.4, 0.5) is 0 Å². The van der Waals surface area contributed by atoms with Crippen molar-refractivity contribution in [1.82, 2.24) is 19.3 Å². The average Bonchev–Trinajstić information content (AvgIpc) is 2.95. The highest BCUT2D eigenvalue weighted by atomic mass is 15.3. The maximum absolute atomic E-state index is 5.73. The zero-order chi connectivity index (χ0) is 15.1. The van der Waals surface area contributed by atoms with Gasteiger partial charge in [-0.25, -0.2) is 4.98 Å². The van der Waals surface area contributed by atoms with Gasteiger partial charge < -0.3 is 10.3 Å². The van der Waals surface area contributed by atoms with Crippen molar-refractivity contribution in [2.45, 2.75) is 33.9 Å². The third kappa shape index (κ3) is 2.05. The van der Waals surface area contributed by atoms with Crippen molar-refractivity contribution in [3.63, 3.8) is 0 Å². The molecule has 0 aliphatic carbocycles. The molecule has 0 aliphatic rings. The van der Waals surface area contributed by atoms with E-state index in [0.717, 1.165) is 45.9 Å². The van der Waals surface area contributed by atoms with Crippen molar-refractivity contribution in [3.05, 3.63) is 35.2 Å². The molecule has 0 unspecified atom stereocenters. The van der Waals surface area contributed by atoms with Crippen molar-refractivity contribution in [2.75, 3.05) is 0 Å². The van der Waals surface area contributed by atoms with E-state index in [0.29, 0.717) is 6.54 Å². The fraction of sp³-hybridized carbons (Fsp3) is 0.375. The zero-order valence-electron chi connectivity index (χ0n) is 13.0. The Labute approximate surface area is 124 Å². The molecular weight excluding hydrogens is 262 g/mol. The molecule has 21 heavy (non-hydrogen) atoms. The van der Waals surface area contributed by atoms with Gasteiger partial charge in [-0.05, 0) is 38.5 Å². The molecule has 0 aliphatic heterocycles. The maximum atomic E-state index is 5.73. The third-order valence-electron chi connectivity index (χ3n) is 4.10. The van der Waals surface area contributed by atoms with Crippen LogP contribution < -0.4 is 5.73 Å². The Bertz CT molecular complexity index is 810. The number of nitrogens with two attached hydrogens (primary N) is 1. The standard InChI is InChI=1S/C16H21N5/c1-5-21-14-7-6-12(9-17)8-13(14)18-16(21)15-10(2)19-20(4)11(15)3/h6-8H,5,9,17H2,1-4H3. The summed E-state index contributed by atoms with van der Waals surface area (Å²) in [4.78, 5) is 4.85. The molecule has 1 aromatic carbocycles. The fourth-order valence-corrected chi connectivity index (χ4v) is 2.91. The van der Waals surface area contributed by atoms with Gasteiger partial charge in [0.1, 0.15) is 5.82 Å². The molecule has 3 aromatic rings. The van der Waals surface area contributed by atoms with Gasteiger partial charge >= 0.3 is 0 Å². The summed E-state index contributed by atoms with van der Waals surface area (Å²) in [5.74, 6) is 0.991. The van der Waals surface area contributed by atoms with Crippen LogP contribution in [0.3, 0.4) is 0 Å². The van der Waals surface area contributed by atoms with Gasteiger partial charge in [0, 0.05) is 25.8 Å². The van der Waals surface area contributed by atoms with Gasteiger partial charge in [0.15, 0.2) is 0 Å². The van der Waals surface area contributed by atoms with Crippen molar-refractivity contribution in [1.29, 1.82) is 0 Å². The summed E-state index contributed by atoms with van der Waals surface area (Å²) in [5.41, 5.74) is 12.3. The normalized spacial score (nSPS) is 11.5. The molecule has 2 heterocycles. The molecule has 0 amide bonds. The van der Waals surface area contributed by atoms with E-state index in [1.165, 1.54) is 0 Å². The Hall–Kier alpha value is -2.14. The molecule has 0 saturated heterocycles. The van der Waals surface area contributed by atoms with Crippen LogP contribution in [0.1, 0.15) is 23.9 Å². The van der Waals surface area contributed by atoms with Crippen LogP contribution in [0.15, 0.2) is 18.2 Å². The molecule has 0 spiro atoms. The Morgan fingerprint density at radius 2 is 2.00 bits per heavy atom. The minimum absolute atomic E-state index is 0.537. The highest BCUT2D eigenvalue weighted by Crippen LogP contribution is 2.29. The predicted octanol–water partition coefficient (Wildman–Crippen LogP) is 2.53. The molecule has 0 fully saturated rings. The first-order valence-electron chi connectivity index (χ1n) is 7.26. The van der Waals surface area contributed by atoms with Crippen LogP contribution in [-0.4, -0.2) is 19.3 Å². The Morgan fingerprint density at radius 3 is 2.57 bits per heavy atom. The van der Waals surface area contributed by atoms with Gasteiger partial charge in [-0.15, -0.1) is 0 Å². The zero-order valence-corrected chi connectivity index (χ0v) is 13.0. The molecular formula is C16H21N5. The van der Waals surface area contributed by atoms with Gasteiger partial charge in [-0.3, -0.25) is 4.68 Å². The van der Waals surface area contributed by atoms with Gasteiger partial charge in [-0.2, -0.15) is 5.10 Å². The van der Waals surface area contributed by atoms with E-state index in [4.69, 9.17) is 10.7 Å². The maximum Gasteiger partial charge on any atom is 0.144 e. The molecule has 5 nitrogen and oxygen atoms in total. The van der Waals surface area contributed by atoms with Crippen molar-refractivity contribution in [2.24, 2.45) is 12.8 Å². The van der Waals surface area contributed by atoms with Crippen molar-refractivity contribution >= 4 is 11.0 Å². The monoisotopic (exact) mass is 283 g/mol. The number of hydrogen-bond donors (Lipinski definition) is 1. The lowest BCUT2D eigenvalue weighted by Gasteiger charge is -2.06. The largest absolute Gasteiger partial charge is 0.326 e. The smallest absolute Gasteiger partial charge is 0.144 e. The molecule has 0 bridgehead atoms. The molecule has 3 rings (SSSR count). The average molecular weight is 283 g/mol. The second-order valence-corrected chi connectivity index (χ2v) is 5.38. The molecule has 0 radical (unpaired) electrons. The highest BCUT2D eigenvalue weighted by molar-refractivity contribution is 5.82. The number of fused-ring (bicyclic) bond motifs is 1. The van der Waals surface area contributed by atoms with Crippen molar-refractivity contribution in [3.8, 4) is 11.4 Å². The summed E-state index contributed by atoms with van der Waals surface area (Å²) < 4.78 is 4.15. The topological polar surface area (TPSA) is 61.7 Å². The number of rotatable bonds is 3. The first kappa shape index (κ1) is 13.8. The summed E-state index contributed by atoms with van der Waals surface area (Å²) in [7, 11) is 1.97. The van der Waals surface area contributed by atoms with E-state index < -0.39 is 0 Å². The Balaban J connectivity index is 2.31. The van der Waals surface area contributed by atoms with Crippen LogP contribution in [0.2, 0.25) is 0 Å². The summed E-state index contributed by atoms with van der Waals surface area (Å²) in [6.07, 6.45) is 0. The van der Waals surface area contributed by atoms with E-state index >= 15 is 0 Å². The molecule has 2 N–H and O–H groups in total. The summed E-state index contributed by atoms with van der Waals surface area (Å²) >= 11 is 0. The lowest BCUT2D eigenvalue weighted by molar-refractivity contribution is 0.731. The number of aryl methyl sites for hydroxylation is 3. The van der Waals surface area contributed by atoms with Crippen LogP contribution in [-0.2, 0) is 20.1 Å². The predicted molar refractivity (Wildman–Crippen MR) is 85.0 cm³/mol. The molecule has 0 saturated carbocycles. The SMILES string of the molecule is CCn1c(-c2c(C)nn(C)c2C)nc2cc(CN)ccc21. The van der Waals surface area contributed by atoms with Crippen LogP contribution in [0, 0.1) is 13.8 Å².